The lowest BCUT2D eigenvalue weighted by atomic mass is 10.1. The Morgan fingerprint density at radius 1 is 1.33 bits per heavy atom. The summed E-state index contributed by atoms with van der Waals surface area (Å²) in [5.41, 5.74) is 2.61. The molecule has 0 saturated carbocycles. The number of benzene rings is 1. The van der Waals surface area contributed by atoms with Crippen molar-refractivity contribution in [2.24, 2.45) is 4.99 Å². The zero-order valence-electron chi connectivity index (χ0n) is 14.1. The summed E-state index contributed by atoms with van der Waals surface area (Å²) in [4.78, 5) is 8.63. The molecule has 0 radical (unpaired) electrons. The van der Waals surface area contributed by atoms with Crippen LogP contribution in [0.4, 0.5) is 0 Å². The van der Waals surface area contributed by atoms with Crippen LogP contribution in [-0.4, -0.2) is 35.8 Å². The summed E-state index contributed by atoms with van der Waals surface area (Å²) in [6, 6.07) is 6.42. The Balaban J connectivity index is 1.52. The molecular formula is C17H23N5O2. The molecule has 0 bridgehead atoms. The van der Waals surface area contributed by atoms with Gasteiger partial charge in [0.05, 0.1) is 6.61 Å². The first-order valence-electron chi connectivity index (χ1n) is 8.30. The number of aliphatic imine (C=N–C) groups is 1. The molecule has 7 heteroatoms. The van der Waals surface area contributed by atoms with E-state index in [1.807, 2.05) is 6.92 Å². The number of ether oxygens (including phenoxy) is 1. The third kappa shape index (κ3) is 4.24. The van der Waals surface area contributed by atoms with E-state index in [1.165, 1.54) is 11.1 Å². The van der Waals surface area contributed by atoms with Crippen molar-refractivity contribution >= 4 is 5.96 Å². The number of fused-ring (bicyclic) bond motifs is 1. The summed E-state index contributed by atoms with van der Waals surface area (Å²) >= 11 is 0. The van der Waals surface area contributed by atoms with E-state index < -0.39 is 0 Å². The van der Waals surface area contributed by atoms with E-state index in [4.69, 9.17) is 9.26 Å². The summed E-state index contributed by atoms with van der Waals surface area (Å²) in [7, 11) is 0. The van der Waals surface area contributed by atoms with Crippen LogP contribution < -0.4 is 15.4 Å². The summed E-state index contributed by atoms with van der Waals surface area (Å²) in [6.07, 6.45) is 1.93. The van der Waals surface area contributed by atoms with E-state index in [2.05, 4.69) is 44.0 Å². The van der Waals surface area contributed by atoms with Gasteiger partial charge in [-0.15, -0.1) is 0 Å². The molecule has 1 aliphatic heterocycles. The van der Waals surface area contributed by atoms with Crippen LogP contribution in [0.5, 0.6) is 5.75 Å². The van der Waals surface area contributed by atoms with Gasteiger partial charge in [0.1, 0.15) is 12.3 Å². The van der Waals surface area contributed by atoms with Gasteiger partial charge in [0.25, 0.3) is 0 Å². The number of aryl methyl sites for hydroxylation is 1. The van der Waals surface area contributed by atoms with E-state index in [0.29, 0.717) is 18.3 Å². The van der Waals surface area contributed by atoms with Crippen molar-refractivity contribution in [3.8, 4) is 5.75 Å². The monoisotopic (exact) mass is 329 g/mol. The van der Waals surface area contributed by atoms with Crippen LogP contribution in [0.15, 0.2) is 27.7 Å². The number of hydrogen-bond donors (Lipinski definition) is 2. The maximum absolute atomic E-state index is 5.54. The third-order valence-corrected chi connectivity index (χ3v) is 3.75. The van der Waals surface area contributed by atoms with E-state index in [9.17, 15) is 0 Å². The van der Waals surface area contributed by atoms with E-state index in [-0.39, 0.29) is 0 Å². The van der Waals surface area contributed by atoms with Crippen molar-refractivity contribution < 1.29 is 9.26 Å². The number of rotatable bonds is 6. The second-order valence-electron chi connectivity index (χ2n) is 5.64. The third-order valence-electron chi connectivity index (χ3n) is 3.75. The molecule has 0 amide bonds. The fourth-order valence-corrected chi connectivity index (χ4v) is 2.62. The van der Waals surface area contributed by atoms with Gasteiger partial charge in [-0.2, -0.15) is 4.98 Å². The first kappa shape index (κ1) is 16.3. The van der Waals surface area contributed by atoms with E-state index in [0.717, 1.165) is 44.2 Å². The molecule has 3 rings (SSSR count). The van der Waals surface area contributed by atoms with Gasteiger partial charge in [0.15, 0.2) is 11.8 Å². The minimum atomic E-state index is 0.392. The second kappa shape index (κ2) is 7.81. The quantitative estimate of drug-likeness (QED) is 0.619. The largest absolute Gasteiger partial charge is 0.493 e. The first-order chi connectivity index (χ1) is 11.7. The Morgan fingerprint density at radius 2 is 2.25 bits per heavy atom. The van der Waals surface area contributed by atoms with Gasteiger partial charge in [-0.3, -0.25) is 0 Å². The van der Waals surface area contributed by atoms with Crippen LogP contribution in [0.3, 0.4) is 0 Å². The van der Waals surface area contributed by atoms with E-state index >= 15 is 0 Å². The molecule has 0 aliphatic carbocycles. The highest BCUT2D eigenvalue weighted by Crippen LogP contribution is 2.25. The SMILES string of the molecule is CCNC(=NCc1noc(C)n1)NCCc1ccc2c(c1)CCO2. The fraction of sp³-hybridized carbons (Fsp3) is 0.471. The number of hydrogen-bond acceptors (Lipinski definition) is 5. The van der Waals surface area contributed by atoms with Crippen molar-refractivity contribution in [1.29, 1.82) is 0 Å². The van der Waals surface area contributed by atoms with Gasteiger partial charge in [-0.1, -0.05) is 17.3 Å². The van der Waals surface area contributed by atoms with Crippen LogP contribution in [-0.2, 0) is 19.4 Å². The molecule has 0 unspecified atom stereocenters. The predicted octanol–water partition coefficient (Wildman–Crippen LogP) is 1.61. The maximum Gasteiger partial charge on any atom is 0.223 e. The number of guanidine groups is 1. The van der Waals surface area contributed by atoms with Crippen molar-refractivity contribution in [2.75, 3.05) is 19.7 Å². The average molecular weight is 329 g/mol. The molecule has 24 heavy (non-hydrogen) atoms. The van der Waals surface area contributed by atoms with Crippen LogP contribution in [0.25, 0.3) is 0 Å². The van der Waals surface area contributed by atoms with Gasteiger partial charge in [0, 0.05) is 26.4 Å². The summed E-state index contributed by atoms with van der Waals surface area (Å²) in [5, 5.41) is 10.4. The molecule has 0 spiro atoms. The van der Waals surface area contributed by atoms with Crippen LogP contribution in [0.2, 0.25) is 0 Å². The van der Waals surface area contributed by atoms with Gasteiger partial charge in [-0.05, 0) is 30.5 Å². The molecule has 2 aromatic rings. The minimum absolute atomic E-state index is 0.392. The molecule has 2 N–H and O–H groups in total. The Labute approximate surface area is 141 Å². The maximum atomic E-state index is 5.54. The topological polar surface area (TPSA) is 84.6 Å². The Hall–Kier alpha value is -2.57. The normalized spacial score (nSPS) is 13.5. The van der Waals surface area contributed by atoms with Gasteiger partial charge >= 0.3 is 0 Å². The molecule has 0 atom stereocenters. The number of nitrogens with zero attached hydrogens (tertiary/aromatic N) is 3. The highest BCUT2D eigenvalue weighted by Gasteiger charge is 2.11. The van der Waals surface area contributed by atoms with Crippen LogP contribution in [0.1, 0.15) is 29.8 Å². The van der Waals surface area contributed by atoms with Crippen LogP contribution >= 0.6 is 0 Å². The smallest absolute Gasteiger partial charge is 0.223 e. The summed E-state index contributed by atoms with van der Waals surface area (Å²) in [6.45, 7) is 6.60. The standard InChI is InChI=1S/C17H23N5O2/c1-3-18-17(20-11-16-21-12(2)24-22-16)19-8-6-13-4-5-15-14(10-13)7-9-23-15/h4-5,10H,3,6-9,11H2,1-2H3,(H2,18,19,20). The average Bonchev–Trinajstić information content (AvgIpc) is 3.20. The highest BCUT2D eigenvalue weighted by atomic mass is 16.5. The van der Waals surface area contributed by atoms with E-state index in [1.54, 1.807) is 6.92 Å². The molecule has 2 heterocycles. The Kier molecular flexibility index (Phi) is 5.30. The van der Waals surface area contributed by atoms with Gasteiger partial charge in [0.2, 0.25) is 5.89 Å². The molecule has 128 valence electrons. The fourth-order valence-electron chi connectivity index (χ4n) is 2.62. The molecule has 1 aromatic heterocycles. The molecule has 0 fully saturated rings. The zero-order valence-corrected chi connectivity index (χ0v) is 14.1. The number of aromatic nitrogens is 2. The Morgan fingerprint density at radius 3 is 3.04 bits per heavy atom. The Bertz CT molecular complexity index is 711. The van der Waals surface area contributed by atoms with Gasteiger partial charge in [-0.25, -0.2) is 4.99 Å². The van der Waals surface area contributed by atoms with Gasteiger partial charge < -0.3 is 19.9 Å². The molecule has 7 nitrogen and oxygen atoms in total. The predicted molar refractivity (Wildman–Crippen MR) is 91.2 cm³/mol. The van der Waals surface area contributed by atoms with Crippen molar-refractivity contribution in [1.82, 2.24) is 20.8 Å². The van der Waals surface area contributed by atoms with Crippen molar-refractivity contribution in [2.45, 2.75) is 33.2 Å². The molecule has 0 saturated heterocycles. The second-order valence-corrected chi connectivity index (χ2v) is 5.64. The zero-order chi connectivity index (χ0) is 16.8. The summed E-state index contributed by atoms with van der Waals surface area (Å²) in [5.74, 6) is 2.92. The molecule has 1 aliphatic rings. The lowest BCUT2D eigenvalue weighted by Gasteiger charge is -2.11. The van der Waals surface area contributed by atoms with Crippen molar-refractivity contribution in [3.63, 3.8) is 0 Å². The summed E-state index contributed by atoms with van der Waals surface area (Å²) < 4.78 is 10.5. The molecular weight excluding hydrogens is 306 g/mol. The lowest BCUT2D eigenvalue weighted by Crippen LogP contribution is -2.38. The van der Waals surface area contributed by atoms with Crippen LogP contribution in [0, 0.1) is 6.92 Å². The highest BCUT2D eigenvalue weighted by molar-refractivity contribution is 5.79. The lowest BCUT2D eigenvalue weighted by molar-refractivity contribution is 0.357. The molecule has 1 aromatic carbocycles. The number of nitrogens with one attached hydrogen (secondary N) is 2. The van der Waals surface area contributed by atoms with Crippen molar-refractivity contribution in [3.05, 3.63) is 41.0 Å². The minimum Gasteiger partial charge on any atom is -0.493 e. The first-order valence-corrected chi connectivity index (χ1v) is 8.30.